The average Bonchev–Trinajstić information content (AvgIpc) is 3.89. The van der Waals surface area contributed by atoms with Gasteiger partial charge in [-0.2, -0.15) is 0 Å². The van der Waals surface area contributed by atoms with E-state index in [1.165, 1.54) is 121 Å². The molecule has 0 unspecified atom stereocenters. The van der Waals surface area contributed by atoms with E-state index >= 15 is 0 Å². The Labute approximate surface area is 399 Å². The third kappa shape index (κ3) is 6.47. The van der Waals surface area contributed by atoms with E-state index in [1.807, 2.05) is 0 Å². The molecule has 13 rings (SSSR count). The van der Waals surface area contributed by atoms with Crippen molar-refractivity contribution in [2.45, 2.75) is 37.5 Å². The topological polar surface area (TPSA) is 8.17 Å². The zero-order chi connectivity index (χ0) is 45.0. The first-order chi connectivity index (χ1) is 33.7. The van der Waals surface area contributed by atoms with Gasteiger partial charge in [-0.05, 0) is 129 Å². The first-order valence-corrected chi connectivity index (χ1v) is 24.3. The monoisotopic (exact) mass is 870 g/mol. The van der Waals surface area contributed by atoms with Gasteiger partial charge >= 0.3 is 0 Å². The van der Waals surface area contributed by atoms with E-state index in [4.69, 9.17) is 0 Å². The second kappa shape index (κ2) is 16.6. The highest BCUT2D eigenvalue weighted by Gasteiger charge is 2.43. The molecule has 11 aromatic rings. The van der Waals surface area contributed by atoms with E-state index in [1.54, 1.807) is 0 Å². The van der Waals surface area contributed by atoms with E-state index < -0.39 is 0 Å². The van der Waals surface area contributed by atoms with Crippen molar-refractivity contribution in [1.29, 1.82) is 0 Å². The number of para-hydroxylation sites is 3. The van der Waals surface area contributed by atoms with Crippen LogP contribution in [0, 0.1) is 0 Å². The molecule has 68 heavy (non-hydrogen) atoms. The van der Waals surface area contributed by atoms with Crippen LogP contribution in [0.4, 0.5) is 17.1 Å². The molecule has 0 atom stereocenters. The molecule has 1 heterocycles. The summed E-state index contributed by atoms with van der Waals surface area (Å²) in [5, 5.41) is 2.52. The third-order valence-corrected chi connectivity index (χ3v) is 15.0. The summed E-state index contributed by atoms with van der Waals surface area (Å²) in [6.07, 6.45) is 6.28. The Bertz CT molecular complexity index is 3650. The highest BCUT2D eigenvalue weighted by molar-refractivity contribution is 6.16. The zero-order valence-electron chi connectivity index (χ0n) is 38.0. The van der Waals surface area contributed by atoms with Crippen molar-refractivity contribution in [1.82, 2.24) is 4.57 Å². The van der Waals surface area contributed by atoms with E-state index in [0.717, 1.165) is 22.7 Å². The summed E-state index contributed by atoms with van der Waals surface area (Å²) in [6.45, 7) is 0. The summed E-state index contributed by atoms with van der Waals surface area (Å²) >= 11 is 0. The van der Waals surface area contributed by atoms with Crippen molar-refractivity contribution in [2.24, 2.45) is 0 Å². The molecule has 324 valence electrons. The predicted molar refractivity (Wildman–Crippen MR) is 287 cm³/mol. The Morgan fingerprint density at radius 3 is 1.63 bits per heavy atom. The Balaban J connectivity index is 1.000. The summed E-state index contributed by atoms with van der Waals surface area (Å²) in [7, 11) is 0. The van der Waals surface area contributed by atoms with E-state index in [9.17, 15) is 0 Å². The SMILES string of the molecule is c1ccc(-c2ccccc2-c2ccccc2-c2ccccc2N(c2ccc(-c3cccc4c3c3ccccc3n4-c3ccccc3)cc2)c2ccc3c(c2)-c2ccccc2C32CCCCC2)cc1. The van der Waals surface area contributed by atoms with Gasteiger partial charge in [0.15, 0.2) is 0 Å². The van der Waals surface area contributed by atoms with Gasteiger partial charge in [0.1, 0.15) is 0 Å². The highest BCUT2D eigenvalue weighted by atomic mass is 15.1. The fraction of sp³-hybridized carbons (Fsp3) is 0.0909. The Hall–Kier alpha value is -8.20. The molecule has 1 fully saturated rings. The summed E-state index contributed by atoms with van der Waals surface area (Å²) in [5.41, 5.74) is 22.5. The fourth-order valence-corrected chi connectivity index (χ4v) is 12.1. The number of hydrogen-bond donors (Lipinski definition) is 0. The van der Waals surface area contributed by atoms with Gasteiger partial charge < -0.3 is 9.47 Å². The number of rotatable bonds is 8. The molecule has 2 nitrogen and oxygen atoms in total. The zero-order valence-corrected chi connectivity index (χ0v) is 38.0. The van der Waals surface area contributed by atoms with Crippen molar-refractivity contribution >= 4 is 38.9 Å². The van der Waals surface area contributed by atoms with Gasteiger partial charge in [0.25, 0.3) is 0 Å². The Morgan fingerprint density at radius 2 is 0.868 bits per heavy atom. The van der Waals surface area contributed by atoms with Crippen LogP contribution in [0.5, 0.6) is 0 Å². The first-order valence-electron chi connectivity index (χ1n) is 24.3. The molecule has 0 radical (unpaired) electrons. The van der Waals surface area contributed by atoms with Crippen molar-refractivity contribution in [2.75, 3.05) is 4.90 Å². The lowest BCUT2D eigenvalue weighted by molar-refractivity contribution is 0.353. The van der Waals surface area contributed by atoms with Crippen molar-refractivity contribution in [3.05, 3.63) is 254 Å². The second-order valence-corrected chi connectivity index (χ2v) is 18.7. The van der Waals surface area contributed by atoms with Crippen LogP contribution in [0.15, 0.2) is 243 Å². The van der Waals surface area contributed by atoms with Crippen molar-refractivity contribution < 1.29 is 0 Å². The van der Waals surface area contributed by atoms with Gasteiger partial charge in [-0.1, -0.05) is 207 Å². The molecule has 0 N–H and O–H groups in total. The van der Waals surface area contributed by atoms with E-state index in [0.29, 0.717) is 0 Å². The number of fused-ring (bicyclic) bond motifs is 8. The van der Waals surface area contributed by atoms with Crippen molar-refractivity contribution in [3.63, 3.8) is 0 Å². The van der Waals surface area contributed by atoms with E-state index in [2.05, 4.69) is 252 Å². The molecule has 0 bridgehead atoms. The average molecular weight is 871 g/mol. The number of anilines is 3. The maximum atomic E-state index is 2.51. The molecule has 0 amide bonds. The Kier molecular flexibility index (Phi) is 9.79. The van der Waals surface area contributed by atoms with Gasteiger partial charge in [-0.15, -0.1) is 0 Å². The second-order valence-electron chi connectivity index (χ2n) is 18.7. The molecule has 1 saturated carbocycles. The van der Waals surface area contributed by atoms with Gasteiger partial charge in [-0.25, -0.2) is 0 Å². The van der Waals surface area contributed by atoms with Gasteiger partial charge in [0.05, 0.1) is 16.7 Å². The minimum atomic E-state index is 0.0861. The molecular formula is C66H50N2. The lowest BCUT2D eigenvalue weighted by Crippen LogP contribution is -2.28. The molecule has 1 aromatic heterocycles. The quantitative estimate of drug-likeness (QED) is 0.148. The molecule has 0 saturated heterocycles. The van der Waals surface area contributed by atoms with Crippen LogP contribution >= 0.6 is 0 Å². The standard InChI is InChI=1S/C66H50N2/c1-4-21-46(22-5-1)51-25-8-9-26-53(51)54-27-10-11-28-55(54)57-30-13-16-34-62(57)67(50-41-42-61-59(45-50)56-29-12-15-33-60(56)66(61)43-18-3-19-44-66)49-39-37-47(38-40-49)52-32-20-36-64-65(52)58-31-14-17-35-63(58)68(64)48-23-6-2-7-24-48/h1-2,4-17,20-42,45H,3,18-19,43-44H2. The first kappa shape index (κ1) is 40.1. The minimum absolute atomic E-state index is 0.0861. The lowest BCUT2D eigenvalue weighted by atomic mass is 9.68. The summed E-state index contributed by atoms with van der Waals surface area (Å²) in [5.74, 6) is 0. The third-order valence-electron chi connectivity index (χ3n) is 15.0. The molecule has 2 heteroatoms. The summed E-state index contributed by atoms with van der Waals surface area (Å²) < 4.78 is 2.40. The number of aromatic nitrogens is 1. The minimum Gasteiger partial charge on any atom is -0.310 e. The fourth-order valence-electron chi connectivity index (χ4n) is 12.1. The number of nitrogens with zero attached hydrogens (tertiary/aromatic N) is 2. The van der Waals surface area contributed by atoms with Gasteiger partial charge in [0.2, 0.25) is 0 Å². The van der Waals surface area contributed by atoms with Crippen LogP contribution in [-0.2, 0) is 5.41 Å². The molecular weight excluding hydrogens is 821 g/mol. The molecule has 1 spiro atoms. The van der Waals surface area contributed by atoms with Crippen LogP contribution in [-0.4, -0.2) is 4.57 Å². The maximum absolute atomic E-state index is 2.51. The summed E-state index contributed by atoms with van der Waals surface area (Å²) in [4.78, 5) is 2.51. The normalized spacial score (nSPS) is 13.7. The molecule has 0 aliphatic heterocycles. The lowest BCUT2D eigenvalue weighted by Gasteiger charge is -2.36. The Morgan fingerprint density at radius 1 is 0.338 bits per heavy atom. The summed E-state index contributed by atoms with van der Waals surface area (Å²) in [6, 6.07) is 89.9. The maximum Gasteiger partial charge on any atom is 0.0547 e. The molecule has 2 aliphatic carbocycles. The van der Waals surface area contributed by atoms with Crippen LogP contribution in [0.2, 0.25) is 0 Å². The number of benzene rings is 10. The molecule has 10 aromatic carbocycles. The van der Waals surface area contributed by atoms with Crippen LogP contribution in [0.3, 0.4) is 0 Å². The van der Waals surface area contributed by atoms with Crippen LogP contribution in [0.25, 0.3) is 83.1 Å². The van der Waals surface area contributed by atoms with Gasteiger partial charge in [0, 0.05) is 38.8 Å². The van der Waals surface area contributed by atoms with Crippen LogP contribution in [0.1, 0.15) is 43.2 Å². The van der Waals surface area contributed by atoms with Crippen LogP contribution < -0.4 is 4.90 Å². The predicted octanol–water partition coefficient (Wildman–Crippen LogP) is 18.2. The van der Waals surface area contributed by atoms with Gasteiger partial charge in [-0.3, -0.25) is 0 Å². The number of hydrogen-bond acceptors (Lipinski definition) is 1. The van der Waals surface area contributed by atoms with E-state index in [-0.39, 0.29) is 5.41 Å². The highest BCUT2D eigenvalue weighted by Crippen LogP contribution is 2.57. The van der Waals surface area contributed by atoms with Crippen molar-refractivity contribution in [3.8, 4) is 61.3 Å². The smallest absolute Gasteiger partial charge is 0.0547 e. The molecule has 2 aliphatic rings. The largest absolute Gasteiger partial charge is 0.310 e.